The summed E-state index contributed by atoms with van der Waals surface area (Å²) >= 11 is 4.89. The predicted molar refractivity (Wildman–Crippen MR) is 154 cm³/mol. The normalized spacial score (nSPS) is 17.5. The molecular weight excluding hydrogens is 502 g/mol. The van der Waals surface area contributed by atoms with Crippen LogP contribution in [0.2, 0.25) is 0 Å². The second kappa shape index (κ2) is 12.4. The SMILES string of the molecule is CC(C)(C)OC(=O)N[C@@H](Cc1cc(F)cc(F)c1)[C@H](S)CNC1(c2cccc(C(C)(C)C)c2)CCCCC1. The van der Waals surface area contributed by atoms with Gasteiger partial charge in [0.15, 0.2) is 0 Å². The zero-order chi connectivity index (χ0) is 28.1. The smallest absolute Gasteiger partial charge is 0.407 e. The van der Waals surface area contributed by atoms with Gasteiger partial charge in [0.05, 0.1) is 0 Å². The highest BCUT2D eigenvalue weighted by Gasteiger charge is 2.35. The van der Waals surface area contributed by atoms with Crippen molar-refractivity contribution in [1.82, 2.24) is 10.6 Å². The lowest BCUT2D eigenvalue weighted by Crippen LogP contribution is -2.52. The minimum Gasteiger partial charge on any atom is -0.444 e. The zero-order valence-corrected chi connectivity index (χ0v) is 24.6. The second-order valence-corrected chi connectivity index (χ2v) is 13.3. The third-order valence-corrected chi connectivity index (χ3v) is 7.72. The Morgan fingerprint density at radius 1 is 1.00 bits per heavy atom. The van der Waals surface area contributed by atoms with Crippen molar-refractivity contribution in [2.45, 2.75) is 108 Å². The molecule has 1 fully saturated rings. The molecule has 0 heterocycles. The molecular formula is C31H44F2N2O2S. The quantitative estimate of drug-likeness (QED) is 0.302. The van der Waals surface area contributed by atoms with Crippen LogP contribution in [0.1, 0.15) is 90.3 Å². The van der Waals surface area contributed by atoms with Gasteiger partial charge in [-0.15, -0.1) is 0 Å². The summed E-state index contributed by atoms with van der Waals surface area (Å²) in [7, 11) is 0. The van der Waals surface area contributed by atoms with Gasteiger partial charge in [0.1, 0.15) is 17.2 Å². The van der Waals surface area contributed by atoms with Crippen LogP contribution in [0.15, 0.2) is 42.5 Å². The van der Waals surface area contributed by atoms with E-state index in [-0.39, 0.29) is 22.6 Å². The van der Waals surface area contributed by atoms with E-state index in [1.807, 2.05) is 0 Å². The average molecular weight is 547 g/mol. The first-order chi connectivity index (χ1) is 17.7. The van der Waals surface area contributed by atoms with Crippen molar-refractivity contribution in [3.63, 3.8) is 0 Å². The number of carbonyl (C=O) groups is 1. The first-order valence-corrected chi connectivity index (χ1v) is 14.2. The Balaban J connectivity index is 1.84. The van der Waals surface area contributed by atoms with Crippen LogP contribution in [0.5, 0.6) is 0 Å². The lowest BCUT2D eigenvalue weighted by atomic mass is 9.74. The maximum atomic E-state index is 13.9. The van der Waals surface area contributed by atoms with E-state index in [0.29, 0.717) is 12.1 Å². The number of carbonyl (C=O) groups excluding carboxylic acids is 1. The maximum Gasteiger partial charge on any atom is 0.407 e. The standard InChI is InChI=1S/C31H44F2N2O2S/c1-29(2,3)22-11-10-12-23(18-22)31(13-8-7-9-14-31)34-20-27(38)26(35-28(36)37-30(4,5)6)17-21-15-24(32)19-25(33)16-21/h10-12,15-16,18-19,26-27,34,38H,7-9,13-14,17,20H2,1-6H3,(H,35,36)/t26-,27+/m0/s1. The molecule has 0 spiro atoms. The molecule has 0 aliphatic heterocycles. The summed E-state index contributed by atoms with van der Waals surface area (Å²) < 4.78 is 33.3. The fourth-order valence-electron chi connectivity index (χ4n) is 5.17. The predicted octanol–water partition coefficient (Wildman–Crippen LogP) is 7.45. The molecule has 7 heteroatoms. The number of hydrogen-bond acceptors (Lipinski definition) is 4. The van der Waals surface area contributed by atoms with Gasteiger partial charge in [0, 0.05) is 29.4 Å². The molecule has 2 atom stereocenters. The number of rotatable bonds is 8. The Bertz CT molecular complexity index is 1070. The van der Waals surface area contributed by atoms with Crippen LogP contribution in [0.3, 0.4) is 0 Å². The van der Waals surface area contributed by atoms with Gasteiger partial charge in [-0.1, -0.05) is 64.3 Å². The molecule has 1 aliphatic rings. The van der Waals surface area contributed by atoms with Gasteiger partial charge >= 0.3 is 6.09 Å². The molecule has 0 unspecified atom stereocenters. The van der Waals surface area contributed by atoms with E-state index in [0.717, 1.165) is 31.7 Å². The monoisotopic (exact) mass is 546 g/mol. The van der Waals surface area contributed by atoms with Crippen molar-refractivity contribution in [2.75, 3.05) is 6.54 Å². The van der Waals surface area contributed by atoms with Gasteiger partial charge in [-0.2, -0.15) is 12.6 Å². The molecule has 2 aromatic rings. The number of amides is 1. The van der Waals surface area contributed by atoms with Crippen molar-refractivity contribution >= 4 is 18.7 Å². The van der Waals surface area contributed by atoms with Crippen LogP contribution in [0.4, 0.5) is 13.6 Å². The number of hydrogen-bond donors (Lipinski definition) is 3. The van der Waals surface area contributed by atoms with E-state index in [1.54, 1.807) is 20.8 Å². The fraction of sp³-hybridized carbons (Fsp3) is 0.581. The fourth-order valence-corrected chi connectivity index (χ4v) is 5.44. The third kappa shape index (κ3) is 8.70. The molecule has 1 amide bonds. The van der Waals surface area contributed by atoms with Gasteiger partial charge in [0.2, 0.25) is 0 Å². The molecule has 1 aliphatic carbocycles. The number of thiol groups is 1. The summed E-state index contributed by atoms with van der Waals surface area (Å²) in [6.45, 7) is 12.5. The van der Waals surface area contributed by atoms with E-state index in [1.165, 1.54) is 29.7 Å². The summed E-state index contributed by atoms with van der Waals surface area (Å²) in [5, 5.41) is 6.40. The molecule has 4 nitrogen and oxygen atoms in total. The lowest BCUT2D eigenvalue weighted by molar-refractivity contribution is 0.0502. The highest BCUT2D eigenvalue weighted by Crippen LogP contribution is 2.39. The van der Waals surface area contributed by atoms with Crippen molar-refractivity contribution in [3.05, 3.63) is 70.8 Å². The summed E-state index contributed by atoms with van der Waals surface area (Å²) in [5.74, 6) is -1.30. The Hall–Kier alpha value is -2.12. The van der Waals surface area contributed by atoms with E-state index in [2.05, 4.69) is 55.7 Å². The van der Waals surface area contributed by atoms with E-state index in [9.17, 15) is 13.6 Å². The van der Waals surface area contributed by atoms with Gasteiger partial charge in [-0.25, -0.2) is 13.6 Å². The summed E-state index contributed by atoms with van der Waals surface area (Å²) in [4.78, 5) is 12.7. The number of halogens is 2. The molecule has 0 radical (unpaired) electrons. The number of benzene rings is 2. The molecule has 1 saturated carbocycles. The Morgan fingerprint density at radius 2 is 1.63 bits per heavy atom. The largest absolute Gasteiger partial charge is 0.444 e. The molecule has 0 saturated heterocycles. The molecule has 3 rings (SSSR count). The van der Waals surface area contributed by atoms with Crippen LogP contribution < -0.4 is 10.6 Å². The summed E-state index contributed by atoms with van der Waals surface area (Å²) in [5.41, 5.74) is 2.19. The zero-order valence-electron chi connectivity index (χ0n) is 23.7. The Labute approximate surface area is 232 Å². The van der Waals surface area contributed by atoms with E-state index in [4.69, 9.17) is 17.4 Å². The first kappa shape index (κ1) is 30.4. The Morgan fingerprint density at radius 3 is 2.21 bits per heavy atom. The van der Waals surface area contributed by atoms with Crippen LogP contribution >= 0.6 is 12.6 Å². The number of alkyl carbamates (subject to hydrolysis) is 1. The molecule has 2 N–H and O–H groups in total. The highest BCUT2D eigenvalue weighted by atomic mass is 32.1. The van der Waals surface area contributed by atoms with E-state index < -0.39 is 29.4 Å². The third-order valence-electron chi connectivity index (χ3n) is 7.18. The van der Waals surface area contributed by atoms with Crippen LogP contribution in [-0.4, -0.2) is 29.5 Å². The molecule has 0 aromatic heterocycles. The Kier molecular flexibility index (Phi) is 9.91. The van der Waals surface area contributed by atoms with Crippen LogP contribution in [0.25, 0.3) is 0 Å². The van der Waals surface area contributed by atoms with Crippen molar-refractivity contribution in [3.8, 4) is 0 Å². The van der Waals surface area contributed by atoms with Gasteiger partial charge < -0.3 is 15.4 Å². The molecule has 0 bridgehead atoms. The summed E-state index contributed by atoms with van der Waals surface area (Å²) in [6.07, 6.45) is 5.14. The minimum absolute atomic E-state index is 0.0423. The van der Waals surface area contributed by atoms with Gasteiger partial charge in [-0.3, -0.25) is 0 Å². The van der Waals surface area contributed by atoms with Crippen molar-refractivity contribution in [2.24, 2.45) is 0 Å². The summed E-state index contributed by atoms with van der Waals surface area (Å²) in [6, 6.07) is 11.8. The second-order valence-electron chi connectivity index (χ2n) is 12.7. The lowest BCUT2D eigenvalue weighted by Gasteiger charge is -2.41. The average Bonchev–Trinajstić information content (AvgIpc) is 2.80. The van der Waals surface area contributed by atoms with Crippen LogP contribution in [-0.2, 0) is 22.1 Å². The molecule has 38 heavy (non-hydrogen) atoms. The van der Waals surface area contributed by atoms with Gasteiger partial charge in [0.25, 0.3) is 0 Å². The first-order valence-electron chi connectivity index (χ1n) is 13.7. The maximum absolute atomic E-state index is 13.9. The van der Waals surface area contributed by atoms with Crippen molar-refractivity contribution in [1.29, 1.82) is 0 Å². The van der Waals surface area contributed by atoms with E-state index >= 15 is 0 Å². The number of nitrogens with one attached hydrogen (secondary N) is 2. The topological polar surface area (TPSA) is 50.4 Å². The highest BCUT2D eigenvalue weighted by molar-refractivity contribution is 7.81. The van der Waals surface area contributed by atoms with Crippen molar-refractivity contribution < 1.29 is 18.3 Å². The molecule has 210 valence electrons. The van der Waals surface area contributed by atoms with Gasteiger partial charge in [-0.05, 0) is 74.3 Å². The number of ether oxygens (including phenoxy) is 1. The molecule has 2 aromatic carbocycles. The van der Waals surface area contributed by atoms with Crippen LogP contribution in [0, 0.1) is 11.6 Å². The minimum atomic E-state index is -0.672.